The predicted octanol–water partition coefficient (Wildman–Crippen LogP) is 3.36. The molecule has 1 amide bonds. The molecule has 3 aliphatic heterocycles. The molecule has 3 heterocycles. The lowest BCUT2D eigenvalue weighted by Gasteiger charge is -2.45. The summed E-state index contributed by atoms with van der Waals surface area (Å²) in [6, 6.07) is 8.62. The Morgan fingerprint density at radius 1 is 0.943 bits per heavy atom. The number of piperidine rings is 1. The van der Waals surface area contributed by atoms with E-state index in [1.54, 1.807) is 0 Å². The number of likely N-dealkylation sites (N-methyl/N-ethyl adjacent to an activating group) is 1. The van der Waals surface area contributed by atoms with Gasteiger partial charge in [-0.1, -0.05) is 24.6 Å². The molecule has 194 valence electrons. The van der Waals surface area contributed by atoms with E-state index < -0.39 is 0 Å². The van der Waals surface area contributed by atoms with Gasteiger partial charge < -0.3 is 14.5 Å². The molecule has 1 aliphatic carbocycles. The van der Waals surface area contributed by atoms with Crippen molar-refractivity contribution in [1.29, 1.82) is 0 Å². The molecule has 0 atom stereocenters. The second-order valence-electron chi connectivity index (χ2n) is 11.8. The van der Waals surface area contributed by atoms with Gasteiger partial charge in [-0.3, -0.25) is 14.6 Å². The van der Waals surface area contributed by atoms with Crippen molar-refractivity contribution < 1.29 is 9.53 Å². The minimum atomic E-state index is 0.345. The zero-order valence-electron chi connectivity index (χ0n) is 21.9. The summed E-state index contributed by atoms with van der Waals surface area (Å²) in [5, 5.41) is 0. The fraction of sp³-hybridized carbons (Fsp3) is 0.759. The molecule has 6 heteroatoms. The van der Waals surface area contributed by atoms with Gasteiger partial charge in [-0.15, -0.1) is 0 Å². The number of hydrogen-bond donors (Lipinski definition) is 0. The van der Waals surface area contributed by atoms with E-state index in [-0.39, 0.29) is 0 Å². The highest BCUT2D eigenvalue weighted by atomic mass is 16.5. The van der Waals surface area contributed by atoms with Crippen molar-refractivity contribution >= 4 is 5.91 Å². The Kier molecular flexibility index (Phi) is 8.31. The van der Waals surface area contributed by atoms with Crippen LogP contribution in [0.2, 0.25) is 0 Å². The fourth-order valence-electron chi connectivity index (χ4n) is 6.34. The van der Waals surface area contributed by atoms with Crippen molar-refractivity contribution in [2.24, 2.45) is 11.3 Å². The van der Waals surface area contributed by atoms with Gasteiger partial charge >= 0.3 is 0 Å². The van der Waals surface area contributed by atoms with Gasteiger partial charge in [-0.05, 0) is 75.0 Å². The maximum Gasteiger partial charge on any atom is 0.236 e. The van der Waals surface area contributed by atoms with Crippen LogP contribution in [0.25, 0.3) is 0 Å². The molecule has 0 bridgehead atoms. The maximum atomic E-state index is 13.1. The predicted molar refractivity (Wildman–Crippen MR) is 141 cm³/mol. The molecule has 2 saturated heterocycles. The van der Waals surface area contributed by atoms with Gasteiger partial charge in [0, 0.05) is 58.9 Å². The molecule has 4 aliphatic rings. The molecule has 1 aromatic rings. The number of fused-ring (bicyclic) bond motifs is 1. The minimum Gasteiger partial charge on any atom is -0.492 e. The zero-order chi connectivity index (χ0) is 24.1. The normalized spacial score (nSPS) is 25.3. The fourth-order valence-corrected chi connectivity index (χ4v) is 6.34. The summed E-state index contributed by atoms with van der Waals surface area (Å²) >= 11 is 0. The number of carbonyl (C=O) groups is 1. The minimum absolute atomic E-state index is 0.345. The number of aryl methyl sites for hydroxylation is 1. The monoisotopic (exact) mass is 482 g/mol. The van der Waals surface area contributed by atoms with Crippen molar-refractivity contribution in [2.45, 2.75) is 51.4 Å². The topological polar surface area (TPSA) is 39.3 Å². The Labute approximate surface area is 212 Å². The van der Waals surface area contributed by atoms with Crippen LogP contribution in [-0.4, -0.2) is 105 Å². The number of ether oxygens (including phenoxy) is 1. The molecular formula is C29H46N4O2. The maximum absolute atomic E-state index is 13.1. The Hall–Kier alpha value is -1.63. The molecule has 5 rings (SSSR count). The molecular weight excluding hydrogens is 436 g/mol. The average Bonchev–Trinajstić information content (AvgIpc) is 3.68. The van der Waals surface area contributed by atoms with Crippen LogP contribution < -0.4 is 4.74 Å². The van der Waals surface area contributed by atoms with Crippen molar-refractivity contribution in [3.05, 3.63) is 29.8 Å². The van der Waals surface area contributed by atoms with Crippen molar-refractivity contribution in [3.8, 4) is 5.75 Å². The third-order valence-electron chi connectivity index (χ3n) is 8.94. The highest BCUT2D eigenvalue weighted by Crippen LogP contribution is 2.39. The first-order valence-electron chi connectivity index (χ1n) is 14.2. The van der Waals surface area contributed by atoms with Crippen LogP contribution in [-0.2, 0) is 11.2 Å². The molecule has 1 aromatic carbocycles. The van der Waals surface area contributed by atoms with Crippen LogP contribution in [0.4, 0.5) is 0 Å². The zero-order valence-corrected chi connectivity index (χ0v) is 21.9. The van der Waals surface area contributed by atoms with Gasteiger partial charge in [-0.25, -0.2) is 0 Å². The van der Waals surface area contributed by atoms with Gasteiger partial charge in [0.25, 0.3) is 0 Å². The Morgan fingerprint density at radius 3 is 2.49 bits per heavy atom. The molecule has 0 aromatic heterocycles. The molecule has 1 saturated carbocycles. The third kappa shape index (κ3) is 6.99. The molecule has 35 heavy (non-hydrogen) atoms. The SMILES string of the molecule is CN1CCN(CC(=O)N2CCC3(CCCCc4ccccc4OCCN(CC4CC4)C3)CC2)CC1. The van der Waals surface area contributed by atoms with Crippen LogP contribution in [0.3, 0.4) is 0 Å². The van der Waals surface area contributed by atoms with Gasteiger partial charge in [0.1, 0.15) is 12.4 Å². The van der Waals surface area contributed by atoms with E-state index in [0.717, 1.165) is 83.4 Å². The summed E-state index contributed by atoms with van der Waals surface area (Å²) in [6.45, 7) is 10.8. The largest absolute Gasteiger partial charge is 0.492 e. The smallest absolute Gasteiger partial charge is 0.236 e. The highest BCUT2D eigenvalue weighted by Gasteiger charge is 2.38. The van der Waals surface area contributed by atoms with E-state index in [2.05, 4.69) is 50.9 Å². The summed E-state index contributed by atoms with van der Waals surface area (Å²) in [5.41, 5.74) is 1.71. The van der Waals surface area contributed by atoms with E-state index in [0.29, 0.717) is 17.9 Å². The number of benzene rings is 1. The summed E-state index contributed by atoms with van der Waals surface area (Å²) in [6.07, 6.45) is 9.96. The van der Waals surface area contributed by atoms with E-state index >= 15 is 0 Å². The van der Waals surface area contributed by atoms with Crippen LogP contribution in [0.15, 0.2) is 24.3 Å². The number of carbonyl (C=O) groups excluding carboxylic acids is 1. The average molecular weight is 483 g/mol. The van der Waals surface area contributed by atoms with Gasteiger partial charge in [0.15, 0.2) is 0 Å². The lowest BCUT2D eigenvalue weighted by atomic mass is 9.73. The van der Waals surface area contributed by atoms with Gasteiger partial charge in [0.05, 0.1) is 6.54 Å². The molecule has 3 fully saturated rings. The van der Waals surface area contributed by atoms with E-state index in [1.165, 1.54) is 50.8 Å². The van der Waals surface area contributed by atoms with Crippen LogP contribution in [0.1, 0.15) is 50.5 Å². The lowest BCUT2D eigenvalue weighted by molar-refractivity contribution is -0.135. The molecule has 1 spiro atoms. The molecule has 6 nitrogen and oxygen atoms in total. The van der Waals surface area contributed by atoms with E-state index in [1.807, 2.05) is 0 Å². The number of hydrogen-bond acceptors (Lipinski definition) is 5. The molecule has 0 unspecified atom stereocenters. The lowest BCUT2D eigenvalue weighted by Crippen LogP contribution is -2.52. The van der Waals surface area contributed by atoms with Gasteiger partial charge in [0.2, 0.25) is 5.91 Å². The summed E-state index contributed by atoms with van der Waals surface area (Å²) in [4.78, 5) is 22.7. The Balaban J connectivity index is 1.20. The van der Waals surface area contributed by atoms with Crippen LogP contribution in [0.5, 0.6) is 5.75 Å². The first kappa shape index (κ1) is 25.0. The quantitative estimate of drug-likeness (QED) is 0.658. The van der Waals surface area contributed by atoms with Crippen LogP contribution >= 0.6 is 0 Å². The number of rotatable bonds is 4. The van der Waals surface area contributed by atoms with Crippen molar-refractivity contribution in [1.82, 2.24) is 19.6 Å². The number of nitrogens with zero attached hydrogens (tertiary/aromatic N) is 4. The number of likely N-dealkylation sites (tertiary alicyclic amines) is 1. The summed E-state index contributed by atoms with van der Waals surface area (Å²) < 4.78 is 6.29. The summed E-state index contributed by atoms with van der Waals surface area (Å²) in [5.74, 6) is 2.32. The van der Waals surface area contributed by atoms with Gasteiger partial charge in [-0.2, -0.15) is 0 Å². The number of amides is 1. The molecule has 0 N–H and O–H groups in total. The highest BCUT2D eigenvalue weighted by molar-refractivity contribution is 5.78. The Bertz CT molecular complexity index is 826. The second kappa shape index (κ2) is 11.6. The second-order valence-corrected chi connectivity index (χ2v) is 11.8. The summed E-state index contributed by atoms with van der Waals surface area (Å²) in [7, 11) is 2.17. The standard InChI is InChI=1S/C29H46N4O2/c1-30-16-18-31(19-17-30)23-28(34)33-14-12-29(13-15-33)11-5-4-7-26-6-2-3-8-27(26)35-21-20-32(24-29)22-25-9-10-25/h2-3,6,8,25H,4-5,7,9-24H2,1H3. The van der Waals surface area contributed by atoms with Crippen LogP contribution in [0, 0.1) is 11.3 Å². The number of para-hydroxylation sites is 1. The number of piperazine rings is 1. The molecule has 0 radical (unpaired) electrons. The van der Waals surface area contributed by atoms with E-state index in [4.69, 9.17) is 4.74 Å². The first-order chi connectivity index (χ1) is 17.1. The van der Waals surface area contributed by atoms with Crippen molar-refractivity contribution in [2.75, 3.05) is 79.1 Å². The third-order valence-corrected chi connectivity index (χ3v) is 8.94. The van der Waals surface area contributed by atoms with E-state index in [9.17, 15) is 4.79 Å². The van der Waals surface area contributed by atoms with Crippen molar-refractivity contribution in [3.63, 3.8) is 0 Å². The first-order valence-corrected chi connectivity index (χ1v) is 14.2. The Morgan fingerprint density at radius 2 is 1.71 bits per heavy atom.